The van der Waals surface area contributed by atoms with Gasteiger partial charge in [0.1, 0.15) is 0 Å². The topological polar surface area (TPSA) is 15.3 Å². The first-order valence-electron chi connectivity index (χ1n) is 7.39. The van der Waals surface area contributed by atoms with Crippen LogP contribution in [0.3, 0.4) is 0 Å². The third kappa shape index (κ3) is 4.12. The van der Waals surface area contributed by atoms with Crippen molar-refractivity contribution in [2.24, 2.45) is 5.92 Å². The van der Waals surface area contributed by atoms with Crippen molar-refractivity contribution >= 4 is 11.6 Å². The van der Waals surface area contributed by atoms with Crippen LogP contribution < -0.4 is 5.32 Å². The lowest BCUT2D eigenvalue weighted by Crippen LogP contribution is -2.28. The van der Waals surface area contributed by atoms with E-state index in [0.29, 0.717) is 0 Å². The molecule has 2 aliphatic rings. The maximum Gasteiger partial charge on any atom is 0.0599 e. The molecule has 1 heterocycles. The van der Waals surface area contributed by atoms with Crippen molar-refractivity contribution in [3.05, 3.63) is 35.0 Å². The maximum atomic E-state index is 6.49. The highest BCUT2D eigenvalue weighted by Crippen LogP contribution is 2.38. The van der Waals surface area contributed by atoms with Crippen LogP contribution in [0, 0.1) is 5.92 Å². The lowest BCUT2D eigenvalue weighted by atomic mass is 10.0. The first-order valence-corrected chi connectivity index (χ1v) is 7.77. The molecule has 3 heteroatoms. The molecule has 0 atom stereocenters. The zero-order chi connectivity index (χ0) is 13.7. The number of hydrogen-bond acceptors (Lipinski definition) is 2. The van der Waals surface area contributed by atoms with Gasteiger partial charge < -0.3 is 10.2 Å². The molecule has 0 amide bonds. The lowest BCUT2D eigenvalue weighted by molar-refractivity contribution is 0.372. The summed E-state index contributed by atoms with van der Waals surface area (Å²) < 4.78 is 0. The Balaban J connectivity index is 2.25. The molecule has 0 unspecified atom stereocenters. The zero-order valence-corrected chi connectivity index (χ0v) is 12.7. The van der Waals surface area contributed by atoms with Gasteiger partial charge in [-0.3, -0.25) is 0 Å². The molecule has 2 nitrogen and oxygen atoms in total. The van der Waals surface area contributed by atoms with Crippen LogP contribution in [0.15, 0.2) is 35.0 Å². The monoisotopic (exact) mass is 280 g/mol. The number of halogens is 1. The fourth-order valence-electron chi connectivity index (χ4n) is 2.62. The average molecular weight is 281 g/mol. The summed E-state index contributed by atoms with van der Waals surface area (Å²) in [5.74, 6) is 0.856. The molecule has 1 N–H and O–H groups in total. The fourth-order valence-corrected chi connectivity index (χ4v) is 2.86. The minimum atomic E-state index is 0.856. The molecule has 2 rings (SSSR count). The van der Waals surface area contributed by atoms with E-state index >= 15 is 0 Å². The van der Waals surface area contributed by atoms with Gasteiger partial charge in [0.2, 0.25) is 0 Å². The molecule has 0 spiro atoms. The smallest absolute Gasteiger partial charge is 0.0599 e. The van der Waals surface area contributed by atoms with Gasteiger partial charge in [-0.05, 0) is 50.6 Å². The lowest BCUT2D eigenvalue weighted by Gasteiger charge is -2.27. The molecular formula is C16H25ClN2. The van der Waals surface area contributed by atoms with Gasteiger partial charge in [0.05, 0.1) is 10.7 Å². The summed E-state index contributed by atoms with van der Waals surface area (Å²) in [6, 6.07) is 0. The molecule has 2 fully saturated rings. The van der Waals surface area contributed by atoms with Gasteiger partial charge in [-0.2, -0.15) is 0 Å². The van der Waals surface area contributed by atoms with E-state index in [1.807, 2.05) is 19.1 Å². The summed E-state index contributed by atoms with van der Waals surface area (Å²) in [6.07, 6.45) is 9.04. The Hall–Kier alpha value is -0.730. The average Bonchev–Trinajstić information content (AvgIpc) is 3.24. The highest BCUT2D eigenvalue weighted by atomic mass is 35.5. The van der Waals surface area contributed by atoms with Crippen molar-refractivity contribution in [3.63, 3.8) is 0 Å². The van der Waals surface area contributed by atoms with Gasteiger partial charge in [0.15, 0.2) is 0 Å². The van der Waals surface area contributed by atoms with Crippen LogP contribution in [0.4, 0.5) is 0 Å². The summed E-state index contributed by atoms with van der Waals surface area (Å²) in [7, 11) is 0. The number of nitrogens with zero attached hydrogens (tertiary/aromatic N) is 1. The van der Waals surface area contributed by atoms with Crippen LogP contribution in [-0.4, -0.2) is 31.1 Å². The summed E-state index contributed by atoms with van der Waals surface area (Å²) in [5.41, 5.74) is 2.54. The molecule has 19 heavy (non-hydrogen) atoms. The first kappa shape index (κ1) is 14.7. The third-order valence-electron chi connectivity index (χ3n) is 3.89. The van der Waals surface area contributed by atoms with E-state index in [2.05, 4.69) is 16.8 Å². The van der Waals surface area contributed by atoms with E-state index in [-0.39, 0.29) is 0 Å². The standard InChI is InChI=1S/C16H25ClN2/c1-3-14(12-13-6-7-13)16(15(17)4-2)19-10-5-8-18-9-11-19/h3-4,13,18H,1,5-12H2,2H3/b15-4+,16-14-. The highest BCUT2D eigenvalue weighted by molar-refractivity contribution is 6.32. The predicted octanol–water partition coefficient (Wildman–Crippen LogP) is 3.66. The zero-order valence-electron chi connectivity index (χ0n) is 11.9. The molecule has 1 aliphatic carbocycles. The second-order valence-corrected chi connectivity index (χ2v) is 5.86. The summed E-state index contributed by atoms with van der Waals surface area (Å²) in [4.78, 5) is 2.43. The van der Waals surface area contributed by atoms with Crippen molar-refractivity contribution in [3.8, 4) is 0 Å². The van der Waals surface area contributed by atoms with Crippen molar-refractivity contribution in [1.29, 1.82) is 0 Å². The quantitative estimate of drug-likeness (QED) is 0.773. The highest BCUT2D eigenvalue weighted by Gasteiger charge is 2.25. The van der Waals surface area contributed by atoms with Gasteiger partial charge in [-0.1, -0.05) is 30.3 Å². The molecule has 0 aromatic carbocycles. The number of nitrogens with one attached hydrogen (secondary N) is 1. The predicted molar refractivity (Wildman–Crippen MR) is 83.2 cm³/mol. The van der Waals surface area contributed by atoms with Crippen LogP contribution in [0.5, 0.6) is 0 Å². The van der Waals surface area contributed by atoms with Gasteiger partial charge >= 0.3 is 0 Å². The SMILES string of the molecule is C=C/C(CC1CC1)=C(\C(Cl)=C/C)N1CCCNCC1. The molecule has 0 radical (unpaired) electrons. The van der Waals surface area contributed by atoms with E-state index in [0.717, 1.165) is 43.6 Å². The molecule has 0 bridgehead atoms. The van der Waals surface area contributed by atoms with E-state index in [4.69, 9.17) is 11.6 Å². The third-order valence-corrected chi connectivity index (χ3v) is 4.29. The molecule has 1 saturated carbocycles. The van der Waals surface area contributed by atoms with E-state index in [9.17, 15) is 0 Å². The minimum Gasteiger partial charge on any atom is -0.369 e. The summed E-state index contributed by atoms with van der Waals surface area (Å²) in [6.45, 7) is 10.3. The van der Waals surface area contributed by atoms with E-state index in [1.165, 1.54) is 30.5 Å². The van der Waals surface area contributed by atoms with Crippen LogP contribution in [0.1, 0.15) is 32.6 Å². The molecule has 106 valence electrons. The number of hydrogen-bond donors (Lipinski definition) is 1. The van der Waals surface area contributed by atoms with Crippen molar-refractivity contribution < 1.29 is 0 Å². The van der Waals surface area contributed by atoms with Gasteiger partial charge in [-0.15, -0.1) is 0 Å². The Morgan fingerprint density at radius 2 is 2.16 bits per heavy atom. The Morgan fingerprint density at radius 1 is 1.37 bits per heavy atom. The van der Waals surface area contributed by atoms with Gasteiger partial charge in [0.25, 0.3) is 0 Å². The fraction of sp³-hybridized carbons (Fsp3) is 0.625. The van der Waals surface area contributed by atoms with Crippen LogP contribution in [-0.2, 0) is 0 Å². The van der Waals surface area contributed by atoms with Crippen LogP contribution >= 0.6 is 11.6 Å². The normalized spacial score (nSPS) is 22.8. The second-order valence-electron chi connectivity index (χ2n) is 5.45. The van der Waals surface area contributed by atoms with Gasteiger partial charge in [0, 0.05) is 19.6 Å². The van der Waals surface area contributed by atoms with Crippen molar-refractivity contribution in [1.82, 2.24) is 10.2 Å². The number of allylic oxidation sites excluding steroid dienone is 4. The Bertz CT molecular complexity index is 372. The van der Waals surface area contributed by atoms with E-state index < -0.39 is 0 Å². The van der Waals surface area contributed by atoms with E-state index in [1.54, 1.807) is 0 Å². The first-order chi connectivity index (χ1) is 9.26. The molecular weight excluding hydrogens is 256 g/mol. The second kappa shape index (κ2) is 7.16. The summed E-state index contributed by atoms with van der Waals surface area (Å²) >= 11 is 6.49. The van der Waals surface area contributed by atoms with Crippen LogP contribution in [0.25, 0.3) is 0 Å². The number of rotatable bonds is 5. The van der Waals surface area contributed by atoms with Crippen molar-refractivity contribution in [2.45, 2.75) is 32.6 Å². The Labute approximate surface area is 122 Å². The summed E-state index contributed by atoms with van der Waals surface area (Å²) in [5, 5.41) is 4.32. The van der Waals surface area contributed by atoms with Crippen LogP contribution in [0.2, 0.25) is 0 Å². The molecule has 0 aromatic rings. The van der Waals surface area contributed by atoms with Gasteiger partial charge in [-0.25, -0.2) is 0 Å². The Kier molecular flexibility index (Phi) is 5.53. The molecule has 0 aromatic heterocycles. The minimum absolute atomic E-state index is 0.856. The Morgan fingerprint density at radius 3 is 2.79 bits per heavy atom. The molecule has 1 aliphatic heterocycles. The largest absolute Gasteiger partial charge is 0.369 e. The molecule has 1 saturated heterocycles. The maximum absolute atomic E-state index is 6.49. The van der Waals surface area contributed by atoms with Crippen molar-refractivity contribution in [2.75, 3.05) is 26.2 Å².